The fourth-order valence-corrected chi connectivity index (χ4v) is 3.02. The Balaban J connectivity index is 2.82. The monoisotopic (exact) mass is 315 g/mol. The van der Waals surface area contributed by atoms with E-state index in [1.165, 1.54) is 16.9 Å². The molecule has 2 rings (SSSR count). The molecule has 0 spiro atoms. The van der Waals surface area contributed by atoms with Crippen LogP contribution in [0.2, 0.25) is 0 Å². The lowest BCUT2D eigenvalue weighted by Gasteiger charge is -1.97. The molecule has 0 aliphatic rings. The molecule has 0 saturated carbocycles. The summed E-state index contributed by atoms with van der Waals surface area (Å²) < 4.78 is 5.88. The number of hydrogen-bond acceptors (Lipinski definition) is 0. The summed E-state index contributed by atoms with van der Waals surface area (Å²) in [6.45, 7) is 6.52. The van der Waals surface area contributed by atoms with Crippen LogP contribution < -0.4 is 4.57 Å². The van der Waals surface area contributed by atoms with Gasteiger partial charge < -0.3 is 0 Å². The third kappa shape index (κ3) is 1.67. The number of hydrogen-bond donors (Lipinski definition) is 0. The van der Waals surface area contributed by atoms with E-state index in [0.29, 0.717) is 0 Å². The van der Waals surface area contributed by atoms with E-state index < -0.39 is 0 Å². The van der Waals surface area contributed by atoms with E-state index in [-0.39, 0.29) is 0 Å². The van der Waals surface area contributed by atoms with Crippen LogP contribution in [0.5, 0.6) is 0 Å². The van der Waals surface area contributed by atoms with E-state index in [9.17, 15) is 0 Å². The number of rotatable bonds is 3. The molecule has 0 atom stereocenters. The first-order valence-corrected chi connectivity index (χ1v) is 6.91. The first-order chi connectivity index (χ1) is 7.33. The Hall–Kier alpha value is -0.580. The molecule has 0 fully saturated rings. The minimum Gasteiger partial charge on any atom is -0.227 e. The molecule has 0 N–H and O–H groups in total. The van der Waals surface area contributed by atoms with Crippen LogP contribution in [0, 0.1) is 0 Å². The molecule has 80 valence electrons. The van der Waals surface area contributed by atoms with Crippen molar-refractivity contribution in [1.82, 2.24) is 4.57 Å². The van der Waals surface area contributed by atoms with Gasteiger partial charge in [0.2, 0.25) is 0 Å². The predicted molar refractivity (Wildman–Crippen MR) is 71.2 cm³/mol. The largest absolute Gasteiger partial charge is 0.267 e. The molecule has 0 amide bonds. The van der Waals surface area contributed by atoms with Crippen LogP contribution in [-0.2, 0) is 17.5 Å². The van der Waals surface area contributed by atoms with Crippen LogP contribution in [0.1, 0.15) is 19.7 Å². The van der Waals surface area contributed by atoms with E-state index in [0.717, 1.165) is 17.5 Å². The maximum absolute atomic E-state index is 2.44. The highest BCUT2D eigenvalue weighted by Crippen LogP contribution is 2.16. The summed E-state index contributed by atoms with van der Waals surface area (Å²) in [4.78, 5) is 0. The summed E-state index contributed by atoms with van der Waals surface area (Å²) in [5.74, 6) is 1.42. The van der Waals surface area contributed by atoms with Gasteiger partial charge in [-0.1, -0.05) is 34.7 Å². The second-order valence-electron chi connectivity index (χ2n) is 3.53. The number of aryl methyl sites for hydroxylation is 2. The SMILES string of the molecule is CCn1c(CI)[n+](CC)c2ccccc21. The van der Waals surface area contributed by atoms with Crippen LogP contribution in [-0.4, -0.2) is 4.57 Å². The van der Waals surface area contributed by atoms with Gasteiger partial charge in [-0.2, -0.15) is 0 Å². The lowest BCUT2D eigenvalue weighted by molar-refractivity contribution is -0.675. The van der Waals surface area contributed by atoms with Crippen LogP contribution in [0.4, 0.5) is 0 Å². The van der Waals surface area contributed by atoms with E-state index in [2.05, 4.69) is 69.8 Å². The third-order valence-electron chi connectivity index (χ3n) is 2.84. The summed E-state index contributed by atoms with van der Waals surface area (Å²) in [6, 6.07) is 8.65. The molecule has 15 heavy (non-hydrogen) atoms. The fourth-order valence-electron chi connectivity index (χ4n) is 2.19. The number of imidazole rings is 1. The number of para-hydroxylation sites is 2. The Morgan fingerprint density at radius 3 is 2.60 bits per heavy atom. The van der Waals surface area contributed by atoms with E-state index >= 15 is 0 Å². The zero-order valence-electron chi connectivity index (χ0n) is 9.20. The van der Waals surface area contributed by atoms with Crippen molar-refractivity contribution >= 4 is 33.6 Å². The van der Waals surface area contributed by atoms with Gasteiger partial charge in [-0.25, -0.2) is 9.13 Å². The Bertz CT molecular complexity index is 433. The molecule has 3 heteroatoms. The molecule has 0 saturated heterocycles. The van der Waals surface area contributed by atoms with Gasteiger partial charge >= 0.3 is 0 Å². The van der Waals surface area contributed by atoms with Crippen LogP contribution in [0.15, 0.2) is 24.3 Å². The standard InChI is InChI=1S/C12H16IN2/c1-3-14-10-7-5-6-8-11(10)15(4-2)12(14)9-13/h5-8H,3-4,9H2,1-2H3/q+1. The van der Waals surface area contributed by atoms with Crippen molar-refractivity contribution in [1.29, 1.82) is 0 Å². The molecule has 0 radical (unpaired) electrons. The normalized spacial score (nSPS) is 11.1. The molecule has 2 nitrogen and oxygen atoms in total. The fraction of sp³-hybridized carbons (Fsp3) is 0.417. The first-order valence-electron chi connectivity index (χ1n) is 5.39. The van der Waals surface area contributed by atoms with E-state index in [1.807, 2.05) is 0 Å². The van der Waals surface area contributed by atoms with Gasteiger partial charge in [0.15, 0.2) is 11.0 Å². The molecule has 0 aliphatic carbocycles. The Kier molecular flexibility index (Phi) is 3.29. The number of halogens is 1. The second-order valence-corrected chi connectivity index (χ2v) is 4.29. The summed E-state index contributed by atoms with van der Waals surface area (Å²) in [6.07, 6.45) is 0. The van der Waals surface area contributed by atoms with Gasteiger partial charge in [0.05, 0.1) is 13.1 Å². The molecule has 1 aromatic heterocycles. The Labute approximate surface area is 104 Å². The van der Waals surface area contributed by atoms with Crippen molar-refractivity contribution in [3.63, 3.8) is 0 Å². The Morgan fingerprint density at radius 1 is 1.27 bits per heavy atom. The van der Waals surface area contributed by atoms with Gasteiger partial charge in [0, 0.05) is 0 Å². The zero-order chi connectivity index (χ0) is 10.8. The van der Waals surface area contributed by atoms with Crippen LogP contribution >= 0.6 is 22.6 Å². The van der Waals surface area contributed by atoms with Crippen molar-refractivity contribution < 1.29 is 4.57 Å². The quantitative estimate of drug-likeness (QED) is 0.468. The minimum atomic E-state index is 1.05. The highest BCUT2D eigenvalue weighted by molar-refractivity contribution is 14.1. The van der Waals surface area contributed by atoms with Crippen molar-refractivity contribution in [2.24, 2.45) is 0 Å². The zero-order valence-corrected chi connectivity index (χ0v) is 11.4. The maximum Gasteiger partial charge on any atom is 0.267 e. The third-order valence-corrected chi connectivity index (χ3v) is 3.52. The lowest BCUT2D eigenvalue weighted by Crippen LogP contribution is -2.36. The summed E-state index contributed by atoms with van der Waals surface area (Å²) >= 11 is 2.44. The highest BCUT2D eigenvalue weighted by atomic mass is 127. The molecule has 2 aromatic rings. The number of nitrogens with zero attached hydrogens (tertiary/aromatic N) is 2. The molecular formula is C12H16IN2+. The van der Waals surface area contributed by atoms with Crippen LogP contribution in [0.25, 0.3) is 11.0 Å². The summed E-state index contributed by atoms with van der Waals surface area (Å²) in [5.41, 5.74) is 2.71. The van der Waals surface area contributed by atoms with Gasteiger partial charge in [0.1, 0.15) is 4.43 Å². The average Bonchev–Trinajstić information content (AvgIpc) is 2.61. The molecule has 1 heterocycles. The number of aromatic nitrogens is 2. The number of alkyl halides is 1. The smallest absolute Gasteiger partial charge is 0.227 e. The van der Waals surface area contributed by atoms with Crippen molar-refractivity contribution in [3.8, 4) is 0 Å². The van der Waals surface area contributed by atoms with E-state index in [4.69, 9.17) is 0 Å². The van der Waals surface area contributed by atoms with Crippen molar-refractivity contribution in [2.45, 2.75) is 31.4 Å². The predicted octanol–water partition coefficient (Wildman–Crippen LogP) is 2.90. The number of benzene rings is 1. The minimum absolute atomic E-state index is 1.05. The molecule has 0 unspecified atom stereocenters. The lowest BCUT2D eigenvalue weighted by atomic mass is 10.3. The van der Waals surface area contributed by atoms with E-state index in [1.54, 1.807) is 0 Å². The summed E-state index contributed by atoms with van der Waals surface area (Å²) in [7, 11) is 0. The van der Waals surface area contributed by atoms with Crippen molar-refractivity contribution in [2.75, 3.05) is 0 Å². The molecule has 0 bridgehead atoms. The molecule has 1 aromatic carbocycles. The number of fused-ring (bicyclic) bond motifs is 1. The van der Waals surface area contributed by atoms with Gasteiger partial charge in [-0.15, -0.1) is 0 Å². The maximum atomic E-state index is 2.44. The van der Waals surface area contributed by atoms with Crippen molar-refractivity contribution in [3.05, 3.63) is 30.1 Å². The van der Waals surface area contributed by atoms with Gasteiger partial charge in [0.25, 0.3) is 5.82 Å². The summed E-state index contributed by atoms with van der Waals surface area (Å²) in [5, 5.41) is 0. The first kappa shape index (κ1) is 10.9. The van der Waals surface area contributed by atoms with Crippen LogP contribution in [0.3, 0.4) is 0 Å². The average molecular weight is 315 g/mol. The Morgan fingerprint density at radius 2 is 2.00 bits per heavy atom. The van der Waals surface area contributed by atoms with Gasteiger partial charge in [-0.3, -0.25) is 0 Å². The topological polar surface area (TPSA) is 8.81 Å². The highest BCUT2D eigenvalue weighted by Gasteiger charge is 2.20. The van der Waals surface area contributed by atoms with Gasteiger partial charge in [-0.05, 0) is 26.0 Å². The second kappa shape index (κ2) is 4.51. The molecular weight excluding hydrogens is 299 g/mol. The molecule has 0 aliphatic heterocycles.